The normalized spacial score (nSPS) is 11.6. The maximum absolute atomic E-state index is 11.9. The predicted molar refractivity (Wildman–Crippen MR) is 61.8 cm³/mol. The third-order valence-corrected chi connectivity index (χ3v) is 3.54. The molecule has 2 heterocycles. The highest BCUT2D eigenvalue weighted by Gasteiger charge is 2.18. The third-order valence-electron chi connectivity index (χ3n) is 2.10. The zero-order chi connectivity index (χ0) is 13.0. The molecule has 2 rings (SSSR count). The lowest BCUT2D eigenvalue weighted by atomic mass is 10.4. The minimum Gasteiger partial charge on any atom is -0.396 e. The van der Waals surface area contributed by atoms with Crippen LogP contribution in [0.2, 0.25) is 0 Å². The Hall–Kier alpha value is -2.00. The SMILES string of the molecule is Nc1cccnc1S(=O)(=O)NCCc1ncon1. The molecule has 18 heavy (non-hydrogen) atoms. The molecule has 0 atom stereocenters. The van der Waals surface area contributed by atoms with Gasteiger partial charge in [0.15, 0.2) is 10.9 Å². The number of anilines is 1. The molecule has 0 aliphatic heterocycles. The quantitative estimate of drug-likeness (QED) is 0.754. The van der Waals surface area contributed by atoms with Crippen LogP contribution in [-0.2, 0) is 16.4 Å². The Balaban J connectivity index is 2.02. The first kappa shape index (κ1) is 12.5. The van der Waals surface area contributed by atoms with Gasteiger partial charge in [-0.25, -0.2) is 18.1 Å². The molecule has 0 amide bonds. The van der Waals surface area contributed by atoms with E-state index in [2.05, 4.69) is 24.4 Å². The molecule has 2 aromatic heterocycles. The Kier molecular flexibility index (Phi) is 3.53. The molecule has 96 valence electrons. The van der Waals surface area contributed by atoms with Gasteiger partial charge >= 0.3 is 0 Å². The minimum atomic E-state index is -3.72. The Bertz CT molecular complexity index is 611. The lowest BCUT2D eigenvalue weighted by Crippen LogP contribution is -2.27. The average molecular weight is 269 g/mol. The van der Waals surface area contributed by atoms with Gasteiger partial charge in [0.05, 0.1) is 5.69 Å². The molecule has 9 heteroatoms. The highest BCUT2D eigenvalue weighted by molar-refractivity contribution is 7.89. The molecule has 0 bridgehead atoms. The maximum atomic E-state index is 11.9. The van der Waals surface area contributed by atoms with Crippen LogP contribution in [0.3, 0.4) is 0 Å². The van der Waals surface area contributed by atoms with Gasteiger partial charge in [-0.2, -0.15) is 4.98 Å². The van der Waals surface area contributed by atoms with E-state index >= 15 is 0 Å². The van der Waals surface area contributed by atoms with E-state index in [0.717, 1.165) is 0 Å². The molecule has 0 unspecified atom stereocenters. The van der Waals surface area contributed by atoms with Crippen molar-refractivity contribution in [1.29, 1.82) is 0 Å². The summed E-state index contributed by atoms with van der Waals surface area (Å²) >= 11 is 0. The second-order valence-corrected chi connectivity index (χ2v) is 5.08. The molecule has 8 nitrogen and oxygen atoms in total. The summed E-state index contributed by atoms with van der Waals surface area (Å²) < 4.78 is 30.6. The molecular weight excluding hydrogens is 258 g/mol. The molecule has 0 aliphatic carbocycles. The van der Waals surface area contributed by atoms with Gasteiger partial charge in [0, 0.05) is 19.2 Å². The van der Waals surface area contributed by atoms with Crippen LogP contribution in [0.25, 0.3) is 0 Å². The van der Waals surface area contributed by atoms with Crippen LogP contribution < -0.4 is 10.5 Å². The largest absolute Gasteiger partial charge is 0.396 e. The van der Waals surface area contributed by atoms with E-state index in [1.54, 1.807) is 6.07 Å². The Labute approximate surface area is 103 Å². The van der Waals surface area contributed by atoms with Crippen LogP contribution in [0.5, 0.6) is 0 Å². The molecule has 0 saturated carbocycles. The second-order valence-electron chi connectivity index (χ2n) is 3.39. The number of nitrogens with zero attached hydrogens (tertiary/aromatic N) is 3. The van der Waals surface area contributed by atoms with E-state index in [1.807, 2.05) is 0 Å². The standard InChI is InChI=1S/C9H11N5O3S/c10-7-2-1-4-11-9(7)18(15,16)13-5-3-8-12-6-17-14-8/h1-2,4,6,13H,3,5,10H2. The molecule has 0 aliphatic rings. The number of nitrogens with one attached hydrogen (secondary N) is 1. The van der Waals surface area contributed by atoms with Crippen molar-refractivity contribution in [3.05, 3.63) is 30.5 Å². The Morgan fingerprint density at radius 2 is 2.22 bits per heavy atom. The van der Waals surface area contributed by atoms with Crippen LogP contribution in [0.1, 0.15) is 5.82 Å². The van der Waals surface area contributed by atoms with Crippen molar-refractivity contribution in [2.24, 2.45) is 0 Å². The Morgan fingerprint density at radius 1 is 1.39 bits per heavy atom. The third kappa shape index (κ3) is 2.81. The van der Waals surface area contributed by atoms with E-state index in [9.17, 15) is 8.42 Å². The fraction of sp³-hybridized carbons (Fsp3) is 0.222. The minimum absolute atomic E-state index is 0.101. The van der Waals surface area contributed by atoms with Gasteiger partial charge in [-0.15, -0.1) is 0 Å². The van der Waals surface area contributed by atoms with Gasteiger partial charge in [-0.1, -0.05) is 5.16 Å². The highest BCUT2D eigenvalue weighted by atomic mass is 32.2. The smallest absolute Gasteiger partial charge is 0.260 e. The average Bonchev–Trinajstić information content (AvgIpc) is 2.82. The fourth-order valence-corrected chi connectivity index (χ4v) is 2.38. The summed E-state index contributed by atoms with van der Waals surface area (Å²) in [6, 6.07) is 3.04. The maximum Gasteiger partial charge on any atom is 0.260 e. The van der Waals surface area contributed by atoms with Crippen molar-refractivity contribution < 1.29 is 12.9 Å². The summed E-state index contributed by atoms with van der Waals surface area (Å²) in [4.78, 5) is 7.51. The molecule has 2 aromatic rings. The van der Waals surface area contributed by atoms with E-state index in [-0.39, 0.29) is 17.3 Å². The lowest BCUT2D eigenvalue weighted by Gasteiger charge is -2.06. The highest BCUT2D eigenvalue weighted by Crippen LogP contribution is 2.13. The van der Waals surface area contributed by atoms with Gasteiger partial charge in [-0.3, -0.25) is 0 Å². The number of sulfonamides is 1. The van der Waals surface area contributed by atoms with Crippen molar-refractivity contribution in [2.45, 2.75) is 11.4 Å². The van der Waals surface area contributed by atoms with Crippen molar-refractivity contribution in [3.8, 4) is 0 Å². The summed E-state index contributed by atoms with van der Waals surface area (Å²) in [7, 11) is -3.72. The fourth-order valence-electron chi connectivity index (χ4n) is 1.30. The summed E-state index contributed by atoms with van der Waals surface area (Å²) in [5.74, 6) is 0.423. The second kappa shape index (κ2) is 5.10. The van der Waals surface area contributed by atoms with E-state index in [1.165, 1.54) is 18.7 Å². The monoisotopic (exact) mass is 269 g/mol. The summed E-state index contributed by atoms with van der Waals surface area (Å²) in [6.45, 7) is 0.137. The molecule has 0 aromatic carbocycles. The Morgan fingerprint density at radius 3 is 2.89 bits per heavy atom. The van der Waals surface area contributed by atoms with Crippen LogP contribution in [-0.4, -0.2) is 30.1 Å². The van der Waals surface area contributed by atoms with Crippen molar-refractivity contribution in [2.75, 3.05) is 12.3 Å². The van der Waals surface area contributed by atoms with E-state index < -0.39 is 10.0 Å². The first-order valence-corrected chi connectivity index (χ1v) is 6.53. The van der Waals surface area contributed by atoms with E-state index in [0.29, 0.717) is 12.2 Å². The first-order valence-electron chi connectivity index (χ1n) is 5.05. The van der Waals surface area contributed by atoms with Gasteiger partial charge in [0.2, 0.25) is 6.39 Å². The molecule has 3 N–H and O–H groups in total. The van der Waals surface area contributed by atoms with Crippen molar-refractivity contribution in [3.63, 3.8) is 0 Å². The van der Waals surface area contributed by atoms with Crippen LogP contribution in [0.4, 0.5) is 5.69 Å². The van der Waals surface area contributed by atoms with Crippen LogP contribution in [0, 0.1) is 0 Å². The number of hydrogen-bond acceptors (Lipinski definition) is 7. The molecule has 0 fully saturated rings. The summed E-state index contributed by atoms with van der Waals surface area (Å²) in [5, 5.41) is 3.38. The van der Waals surface area contributed by atoms with Gasteiger partial charge < -0.3 is 10.3 Å². The molecule has 0 radical (unpaired) electrons. The summed E-state index contributed by atoms with van der Waals surface area (Å²) in [6.07, 6.45) is 2.87. The van der Waals surface area contributed by atoms with Gasteiger partial charge in [0.1, 0.15) is 0 Å². The van der Waals surface area contributed by atoms with Crippen LogP contribution >= 0.6 is 0 Å². The van der Waals surface area contributed by atoms with Gasteiger partial charge in [0.25, 0.3) is 10.0 Å². The lowest BCUT2D eigenvalue weighted by molar-refractivity contribution is 0.409. The zero-order valence-corrected chi connectivity index (χ0v) is 10.1. The molecular formula is C9H11N5O3S. The number of pyridine rings is 1. The van der Waals surface area contributed by atoms with Crippen molar-refractivity contribution >= 4 is 15.7 Å². The molecule has 0 spiro atoms. The number of aromatic nitrogens is 3. The number of rotatable bonds is 5. The van der Waals surface area contributed by atoms with Crippen molar-refractivity contribution in [1.82, 2.24) is 19.8 Å². The van der Waals surface area contributed by atoms with Gasteiger partial charge in [-0.05, 0) is 12.1 Å². The topological polar surface area (TPSA) is 124 Å². The zero-order valence-electron chi connectivity index (χ0n) is 9.28. The number of nitrogens with two attached hydrogens (primary N) is 1. The first-order chi connectivity index (χ1) is 8.59. The predicted octanol–water partition coefficient (Wildman–Crippen LogP) is -0.432. The number of nitrogen functional groups attached to an aromatic ring is 1. The number of hydrogen-bond donors (Lipinski definition) is 2. The summed E-state index contributed by atoms with van der Waals surface area (Å²) in [5.41, 5.74) is 5.65. The molecule has 0 saturated heterocycles. The van der Waals surface area contributed by atoms with E-state index in [4.69, 9.17) is 5.73 Å². The van der Waals surface area contributed by atoms with Crippen LogP contribution in [0.15, 0.2) is 34.3 Å².